The molecule has 0 aliphatic carbocycles. The highest BCUT2D eigenvalue weighted by Crippen LogP contribution is 2.26. The van der Waals surface area contributed by atoms with E-state index in [0.717, 1.165) is 11.8 Å². The van der Waals surface area contributed by atoms with E-state index in [9.17, 15) is 28.1 Å². The van der Waals surface area contributed by atoms with Crippen LogP contribution in [0.15, 0.2) is 58.4 Å². The van der Waals surface area contributed by atoms with Crippen molar-refractivity contribution in [2.45, 2.75) is 18.7 Å². The SMILES string of the molecule is COC(=O)c1c(N)c(C#N)cn1-c1ccc2nc(C)n(NS(=O)(=O)c3ccc(NC(C)=O)cc3)c(=O)c2c1. The number of nitrogen functional groups attached to an aromatic ring is 1. The van der Waals surface area contributed by atoms with Crippen LogP contribution in [0.5, 0.6) is 0 Å². The number of fused-ring (bicyclic) bond motifs is 1. The second-order valence-corrected chi connectivity index (χ2v) is 9.74. The van der Waals surface area contributed by atoms with Gasteiger partial charge in [0.15, 0.2) is 5.69 Å². The Morgan fingerprint density at radius 3 is 2.45 bits per heavy atom. The smallest absolute Gasteiger partial charge is 0.357 e. The Labute approximate surface area is 216 Å². The van der Waals surface area contributed by atoms with E-state index < -0.39 is 21.6 Å². The maximum Gasteiger partial charge on any atom is 0.357 e. The number of nitrogens with two attached hydrogens (primary N) is 1. The van der Waals surface area contributed by atoms with E-state index in [1.54, 1.807) is 6.07 Å². The normalized spacial score (nSPS) is 11.1. The maximum absolute atomic E-state index is 13.4. The quantitative estimate of drug-likeness (QED) is 0.308. The van der Waals surface area contributed by atoms with Crippen LogP contribution in [0, 0.1) is 18.3 Å². The summed E-state index contributed by atoms with van der Waals surface area (Å²) in [5, 5.41) is 11.9. The molecule has 2 heterocycles. The average Bonchev–Trinajstić information content (AvgIpc) is 3.22. The van der Waals surface area contributed by atoms with Crippen molar-refractivity contribution < 1.29 is 22.7 Å². The maximum atomic E-state index is 13.4. The molecule has 1 amide bonds. The Morgan fingerprint density at radius 2 is 1.84 bits per heavy atom. The minimum Gasteiger partial charge on any atom is -0.464 e. The first kappa shape index (κ1) is 25.9. The molecular formula is C24H21N7O6S. The molecule has 4 N–H and O–H groups in total. The van der Waals surface area contributed by atoms with Crippen LogP contribution in [-0.4, -0.2) is 41.6 Å². The van der Waals surface area contributed by atoms with Gasteiger partial charge in [-0.3, -0.25) is 9.59 Å². The van der Waals surface area contributed by atoms with Gasteiger partial charge in [-0.2, -0.15) is 18.4 Å². The number of hydrogen-bond donors (Lipinski definition) is 3. The first-order valence-electron chi connectivity index (χ1n) is 10.9. The molecule has 4 rings (SSSR count). The van der Waals surface area contributed by atoms with Gasteiger partial charge in [-0.05, 0) is 49.4 Å². The lowest BCUT2D eigenvalue weighted by Gasteiger charge is -2.15. The van der Waals surface area contributed by atoms with Crippen LogP contribution in [0.3, 0.4) is 0 Å². The molecule has 0 unspecified atom stereocenters. The Morgan fingerprint density at radius 1 is 1.16 bits per heavy atom. The predicted molar refractivity (Wildman–Crippen MR) is 138 cm³/mol. The number of nitriles is 1. The third kappa shape index (κ3) is 4.65. The first-order chi connectivity index (χ1) is 18.0. The number of hydrogen-bond acceptors (Lipinski definition) is 9. The van der Waals surface area contributed by atoms with E-state index in [-0.39, 0.29) is 50.2 Å². The number of aromatic nitrogens is 3. The minimum atomic E-state index is -4.22. The Bertz CT molecular complexity index is 1820. The van der Waals surface area contributed by atoms with Crippen molar-refractivity contribution in [1.82, 2.24) is 14.2 Å². The minimum absolute atomic E-state index is 0.0263. The molecule has 194 valence electrons. The summed E-state index contributed by atoms with van der Waals surface area (Å²) >= 11 is 0. The molecule has 0 aliphatic heterocycles. The zero-order valence-corrected chi connectivity index (χ0v) is 21.2. The lowest BCUT2D eigenvalue weighted by atomic mass is 10.2. The van der Waals surface area contributed by atoms with Crippen molar-refractivity contribution in [3.63, 3.8) is 0 Å². The highest BCUT2D eigenvalue weighted by atomic mass is 32.2. The topological polar surface area (TPSA) is 191 Å². The highest BCUT2D eigenvalue weighted by molar-refractivity contribution is 7.92. The summed E-state index contributed by atoms with van der Waals surface area (Å²) in [5.74, 6) is -1.03. The highest BCUT2D eigenvalue weighted by Gasteiger charge is 2.23. The standard InChI is InChI=1S/C24H21N7O6S/c1-13-27-20-9-6-17(30-12-15(11-25)21(26)22(30)24(34)37-3)10-19(20)23(33)31(13)29-38(35,36)18-7-4-16(5-8-18)28-14(2)32/h4-10,12,29H,26H2,1-3H3,(H,28,32). The van der Waals surface area contributed by atoms with Gasteiger partial charge in [0.25, 0.3) is 15.6 Å². The number of aryl methyl sites for hydroxylation is 1. The number of nitrogens with one attached hydrogen (secondary N) is 2. The molecule has 4 aromatic rings. The fraction of sp³-hybridized carbons (Fsp3) is 0.125. The zero-order valence-electron chi connectivity index (χ0n) is 20.3. The number of carbonyl (C=O) groups is 2. The predicted octanol–water partition coefficient (Wildman–Crippen LogP) is 1.63. The molecule has 13 nitrogen and oxygen atoms in total. The number of benzene rings is 2. The zero-order chi connectivity index (χ0) is 27.8. The average molecular weight is 536 g/mol. The van der Waals surface area contributed by atoms with Crippen LogP contribution in [0.4, 0.5) is 11.4 Å². The summed E-state index contributed by atoms with van der Waals surface area (Å²) < 4.78 is 32.9. The number of ether oxygens (including phenoxy) is 1. The fourth-order valence-corrected chi connectivity index (χ4v) is 4.81. The van der Waals surface area contributed by atoms with E-state index in [1.165, 1.54) is 61.0 Å². The van der Waals surface area contributed by atoms with Gasteiger partial charge in [0, 0.05) is 24.5 Å². The molecule has 0 aliphatic rings. The number of rotatable bonds is 6. The molecule has 0 atom stereocenters. The van der Waals surface area contributed by atoms with Crippen molar-refractivity contribution in [2.24, 2.45) is 0 Å². The van der Waals surface area contributed by atoms with Crippen molar-refractivity contribution >= 4 is 44.2 Å². The number of nitrogens with zero attached hydrogens (tertiary/aromatic N) is 4. The second kappa shape index (κ2) is 9.71. The molecule has 0 spiro atoms. The third-order valence-electron chi connectivity index (χ3n) is 5.54. The van der Waals surface area contributed by atoms with Gasteiger partial charge in [0.05, 0.1) is 34.2 Å². The van der Waals surface area contributed by atoms with Crippen LogP contribution in [0.25, 0.3) is 16.6 Å². The van der Waals surface area contributed by atoms with Crippen molar-refractivity contribution in [3.8, 4) is 11.8 Å². The summed E-state index contributed by atoms with van der Waals surface area (Å²) in [6, 6.07) is 11.7. The van der Waals surface area contributed by atoms with Crippen LogP contribution < -0.4 is 21.4 Å². The van der Waals surface area contributed by atoms with Gasteiger partial charge < -0.3 is 20.4 Å². The molecule has 2 aromatic heterocycles. The van der Waals surface area contributed by atoms with Crippen LogP contribution in [-0.2, 0) is 19.6 Å². The fourth-order valence-electron chi connectivity index (χ4n) is 3.75. The molecule has 0 saturated carbocycles. The molecule has 2 aromatic carbocycles. The summed E-state index contributed by atoms with van der Waals surface area (Å²) in [4.78, 5) is 43.3. The summed E-state index contributed by atoms with van der Waals surface area (Å²) in [6.07, 6.45) is 1.33. The summed E-state index contributed by atoms with van der Waals surface area (Å²) in [5.41, 5.74) is 6.03. The van der Waals surface area contributed by atoms with E-state index >= 15 is 0 Å². The number of esters is 1. The van der Waals surface area contributed by atoms with E-state index in [1.807, 2.05) is 6.07 Å². The van der Waals surface area contributed by atoms with Gasteiger partial charge in [-0.15, -0.1) is 0 Å². The molecule has 0 bridgehead atoms. The van der Waals surface area contributed by atoms with Crippen molar-refractivity contribution in [1.29, 1.82) is 5.26 Å². The Hall–Kier alpha value is -5.16. The Kier molecular flexibility index (Phi) is 6.62. The second-order valence-electron chi connectivity index (χ2n) is 8.08. The monoisotopic (exact) mass is 535 g/mol. The van der Waals surface area contributed by atoms with Crippen LogP contribution >= 0.6 is 0 Å². The number of anilines is 2. The van der Waals surface area contributed by atoms with E-state index in [4.69, 9.17) is 10.5 Å². The molecule has 38 heavy (non-hydrogen) atoms. The number of methoxy groups -OCH3 is 1. The van der Waals surface area contributed by atoms with Crippen LogP contribution in [0.1, 0.15) is 28.8 Å². The first-order valence-corrected chi connectivity index (χ1v) is 12.4. The van der Waals surface area contributed by atoms with E-state index in [2.05, 4.69) is 15.1 Å². The number of sulfonamides is 1. The summed E-state index contributed by atoms with van der Waals surface area (Å²) in [6.45, 7) is 2.78. The van der Waals surface area contributed by atoms with Gasteiger partial charge in [0.1, 0.15) is 11.9 Å². The molecule has 0 fully saturated rings. The number of amides is 1. The third-order valence-corrected chi connectivity index (χ3v) is 6.85. The van der Waals surface area contributed by atoms with Gasteiger partial charge >= 0.3 is 5.97 Å². The van der Waals surface area contributed by atoms with Gasteiger partial charge in [-0.1, -0.05) is 0 Å². The lowest BCUT2D eigenvalue weighted by Crippen LogP contribution is -2.35. The molecular weight excluding hydrogens is 514 g/mol. The van der Waals surface area contributed by atoms with Gasteiger partial charge in [0.2, 0.25) is 5.91 Å². The van der Waals surface area contributed by atoms with E-state index in [0.29, 0.717) is 5.69 Å². The number of carbonyl (C=O) groups excluding carboxylic acids is 2. The van der Waals surface area contributed by atoms with Gasteiger partial charge in [-0.25, -0.2) is 14.6 Å². The lowest BCUT2D eigenvalue weighted by molar-refractivity contribution is -0.114. The van der Waals surface area contributed by atoms with Crippen LogP contribution in [0.2, 0.25) is 0 Å². The van der Waals surface area contributed by atoms with Crippen molar-refractivity contribution in [3.05, 3.63) is 76.1 Å². The molecule has 14 heteroatoms. The Balaban J connectivity index is 1.80. The summed E-state index contributed by atoms with van der Waals surface area (Å²) in [7, 11) is -3.06. The van der Waals surface area contributed by atoms with Crippen molar-refractivity contribution in [2.75, 3.05) is 23.0 Å². The largest absolute Gasteiger partial charge is 0.464 e. The molecule has 0 saturated heterocycles. The molecule has 0 radical (unpaired) electrons.